The summed E-state index contributed by atoms with van der Waals surface area (Å²) >= 11 is 0. The average molecular weight is 390 g/mol. The molecule has 0 radical (unpaired) electrons. The number of carbonyl (C=O) groups excluding carboxylic acids is 1. The summed E-state index contributed by atoms with van der Waals surface area (Å²) in [5, 5.41) is 31.4. The van der Waals surface area contributed by atoms with Crippen LogP contribution in [0, 0.1) is 22.7 Å². The van der Waals surface area contributed by atoms with E-state index in [4.69, 9.17) is 0 Å². The Balaban J connectivity index is 1.77. The number of hydrogen-bond donors (Lipinski definition) is 3. The largest absolute Gasteiger partial charge is 0.396 e. The lowest BCUT2D eigenvalue weighted by Gasteiger charge is -2.60. The molecule has 156 valence electrons. The highest BCUT2D eigenvalue weighted by atomic mass is 16.3. The average Bonchev–Trinajstić information content (AvgIpc) is 2.68. The Bertz CT molecular complexity index is 680. The highest BCUT2D eigenvalue weighted by Gasteiger charge is 2.59. The van der Waals surface area contributed by atoms with E-state index < -0.39 is 17.6 Å². The molecule has 0 saturated heterocycles. The molecule has 3 rings (SSSR count). The molecule has 0 spiro atoms. The zero-order valence-corrected chi connectivity index (χ0v) is 17.3. The molecule has 28 heavy (non-hydrogen) atoms. The van der Waals surface area contributed by atoms with Crippen molar-refractivity contribution >= 4 is 5.91 Å². The Hall–Kier alpha value is -1.43. The molecule has 0 heterocycles. The van der Waals surface area contributed by atoms with E-state index in [1.807, 2.05) is 44.3 Å². The molecular formula is C23H35NO4. The summed E-state index contributed by atoms with van der Waals surface area (Å²) in [5.41, 5.74) is 0.238. The first kappa shape index (κ1) is 21.3. The summed E-state index contributed by atoms with van der Waals surface area (Å²) in [5.74, 6) is -0.0312. The van der Waals surface area contributed by atoms with Crippen LogP contribution in [-0.4, -0.2) is 52.0 Å². The highest BCUT2D eigenvalue weighted by molar-refractivity contribution is 5.76. The van der Waals surface area contributed by atoms with Gasteiger partial charge >= 0.3 is 0 Å². The molecule has 1 amide bonds. The second-order valence-electron chi connectivity index (χ2n) is 9.47. The minimum atomic E-state index is -0.579. The molecule has 0 aliphatic heterocycles. The maximum absolute atomic E-state index is 13.0. The standard InChI is InChI=1S/C23H35NO4/c1-22-12-11-20(27)23(2,15-25)19(22)10-9-18(26)17(22)13-21(28)24(3)14-16-7-5-4-6-8-16/h4-8,17-20,25-27H,9-15H2,1-3H3/t17-,18-,19-,20-,22+,23+/m1/s1. The maximum atomic E-state index is 13.0. The van der Waals surface area contributed by atoms with Crippen LogP contribution < -0.4 is 0 Å². The van der Waals surface area contributed by atoms with Crippen molar-refractivity contribution in [1.82, 2.24) is 4.90 Å². The first-order valence-corrected chi connectivity index (χ1v) is 10.5. The first-order chi connectivity index (χ1) is 13.2. The Labute approximate surface area is 168 Å². The van der Waals surface area contributed by atoms with E-state index in [1.165, 1.54) is 0 Å². The van der Waals surface area contributed by atoms with Gasteiger partial charge in [0.15, 0.2) is 0 Å². The molecule has 3 N–H and O–H groups in total. The van der Waals surface area contributed by atoms with Crippen LogP contribution in [0.2, 0.25) is 0 Å². The van der Waals surface area contributed by atoms with E-state index in [0.29, 0.717) is 25.8 Å². The van der Waals surface area contributed by atoms with Crippen LogP contribution in [-0.2, 0) is 11.3 Å². The van der Waals surface area contributed by atoms with Gasteiger partial charge in [-0.25, -0.2) is 0 Å². The molecule has 0 aromatic heterocycles. The van der Waals surface area contributed by atoms with Gasteiger partial charge in [-0.05, 0) is 48.5 Å². The lowest BCUT2D eigenvalue weighted by molar-refractivity contribution is -0.187. The molecule has 5 heteroatoms. The quantitative estimate of drug-likeness (QED) is 0.723. The van der Waals surface area contributed by atoms with Gasteiger partial charge in [-0.1, -0.05) is 44.2 Å². The highest BCUT2D eigenvalue weighted by Crippen LogP contribution is 2.60. The molecule has 1 aromatic carbocycles. The number of benzene rings is 1. The molecule has 2 fully saturated rings. The van der Waals surface area contributed by atoms with Crippen LogP contribution in [0.1, 0.15) is 51.5 Å². The topological polar surface area (TPSA) is 81.0 Å². The van der Waals surface area contributed by atoms with Crippen molar-refractivity contribution in [3.05, 3.63) is 35.9 Å². The number of aliphatic hydroxyl groups excluding tert-OH is 3. The zero-order valence-electron chi connectivity index (χ0n) is 17.3. The van der Waals surface area contributed by atoms with E-state index in [2.05, 4.69) is 6.92 Å². The predicted molar refractivity (Wildman–Crippen MR) is 108 cm³/mol. The fourth-order valence-corrected chi connectivity index (χ4v) is 5.89. The van der Waals surface area contributed by atoms with E-state index in [0.717, 1.165) is 18.4 Å². The second kappa shape index (κ2) is 8.13. The van der Waals surface area contributed by atoms with E-state index in [-0.39, 0.29) is 29.8 Å². The SMILES string of the molecule is CN(Cc1ccccc1)C(=O)C[C@@H]1[C@H](O)CC[C@H]2[C@](C)(CO)[C@H](O)CC[C@]21C. The molecule has 5 nitrogen and oxygen atoms in total. The van der Waals surface area contributed by atoms with Crippen molar-refractivity contribution in [3.8, 4) is 0 Å². The van der Waals surface area contributed by atoms with Crippen molar-refractivity contribution in [3.63, 3.8) is 0 Å². The molecule has 2 aliphatic rings. The third-order valence-electron chi connectivity index (χ3n) is 7.80. The summed E-state index contributed by atoms with van der Waals surface area (Å²) in [6, 6.07) is 9.90. The van der Waals surface area contributed by atoms with Crippen LogP contribution >= 0.6 is 0 Å². The van der Waals surface area contributed by atoms with Gasteiger partial charge in [0.2, 0.25) is 5.91 Å². The predicted octanol–water partition coefficient (Wildman–Crippen LogP) is 2.58. The molecule has 1 aromatic rings. The van der Waals surface area contributed by atoms with E-state index in [9.17, 15) is 20.1 Å². The molecule has 0 unspecified atom stereocenters. The number of carbonyl (C=O) groups is 1. The number of amides is 1. The van der Waals surface area contributed by atoms with Gasteiger partial charge in [0.25, 0.3) is 0 Å². The van der Waals surface area contributed by atoms with Crippen molar-refractivity contribution in [2.45, 2.75) is 64.7 Å². The van der Waals surface area contributed by atoms with Crippen molar-refractivity contribution in [1.29, 1.82) is 0 Å². The third kappa shape index (κ3) is 3.72. The van der Waals surface area contributed by atoms with Gasteiger partial charge in [0, 0.05) is 25.4 Å². The van der Waals surface area contributed by atoms with E-state index in [1.54, 1.807) is 4.90 Å². The van der Waals surface area contributed by atoms with Crippen LogP contribution in [0.3, 0.4) is 0 Å². The van der Waals surface area contributed by atoms with Crippen LogP contribution in [0.4, 0.5) is 0 Å². The Morgan fingerprint density at radius 1 is 1.14 bits per heavy atom. The van der Waals surface area contributed by atoms with Gasteiger partial charge in [0.1, 0.15) is 0 Å². The monoisotopic (exact) mass is 389 g/mol. The van der Waals surface area contributed by atoms with Crippen molar-refractivity contribution in [2.24, 2.45) is 22.7 Å². The minimum Gasteiger partial charge on any atom is -0.396 e. The summed E-state index contributed by atoms with van der Waals surface area (Å²) < 4.78 is 0. The molecule has 2 aliphatic carbocycles. The molecule has 6 atom stereocenters. The van der Waals surface area contributed by atoms with Gasteiger partial charge in [0.05, 0.1) is 18.8 Å². The third-order valence-corrected chi connectivity index (χ3v) is 7.80. The summed E-state index contributed by atoms with van der Waals surface area (Å²) in [7, 11) is 1.81. The minimum absolute atomic E-state index is 0.0339. The van der Waals surface area contributed by atoms with Crippen LogP contribution in [0.25, 0.3) is 0 Å². The molecule has 0 bridgehead atoms. The summed E-state index contributed by atoms with van der Waals surface area (Å²) in [6.45, 7) is 4.58. The molecule has 2 saturated carbocycles. The van der Waals surface area contributed by atoms with Crippen molar-refractivity contribution < 1.29 is 20.1 Å². The Kier molecular flexibility index (Phi) is 6.18. The Morgan fingerprint density at radius 2 is 1.82 bits per heavy atom. The zero-order chi connectivity index (χ0) is 20.5. The van der Waals surface area contributed by atoms with Gasteiger partial charge in [-0.15, -0.1) is 0 Å². The fraction of sp³-hybridized carbons (Fsp3) is 0.696. The lowest BCUT2D eigenvalue weighted by Crippen LogP contribution is -2.60. The normalized spacial score (nSPS) is 37.9. The van der Waals surface area contributed by atoms with Crippen LogP contribution in [0.15, 0.2) is 30.3 Å². The lowest BCUT2D eigenvalue weighted by atomic mass is 9.46. The summed E-state index contributed by atoms with van der Waals surface area (Å²) in [4.78, 5) is 14.7. The number of rotatable bonds is 5. The smallest absolute Gasteiger partial charge is 0.223 e. The number of hydrogen-bond acceptors (Lipinski definition) is 4. The maximum Gasteiger partial charge on any atom is 0.223 e. The fourth-order valence-electron chi connectivity index (χ4n) is 5.89. The van der Waals surface area contributed by atoms with Gasteiger partial charge in [-0.2, -0.15) is 0 Å². The number of aliphatic hydroxyl groups is 3. The second-order valence-corrected chi connectivity index (χ2v) is 9.47. The van der Waals surface area contributed by atoms with Crippen LogP contribution in [0.5, 0.6) is 0 Å². The van der Waals surface area contributed by atoms with Gasteiger partial charge in [-0.3, -0.25) is 4.79 Å². The molecular weight excluding hydrogens is 354 g/mol. The Morgan fingerprint density at radius 3 is 2.46 bits per heavy atom. The number of nitrogens with zero attached hydrogens (tertiary/aromatic N) is 1. The van der Waals surface area contributed by atoms with Gasteiger partial charge < -0.3 is 20.2 Å². The summed E-state index contributed by atoms with van der Waals surface area (Å²) in [6.07, 6.45) is 2.00. The van der Waals surface area contributed by atoms with E-state index >= 15 is 0 Å². The first-order valence-electron chi connectivity index (χ1n) is 10.5. The van der Waals surface area contributed by atoms with Crippen molar-refractivity contribution in [2.75, 3.05) is 13.7 Å². The number of fused-ring (bicyclic) bond motifs is 1.